The number of benzene rings is 10. The van der Waals surface area contributed by atoms with E-state index in [9.17, 15) is 0 Å². The van der Waals surface area contributed by atoms with Gasteiger partial charge in [-0.05, 0) is 103 Å². The smallest absolute Gasteiger partial charge is 0.143 e. The summed E-state index contributed by atoms with van der Waals surface area (Å²) in [7, 11) is 28.7. The van der Waals surface area contributed by atoms with E-state index in [1.807, 2.05) is 42.5 Å². The molecule has 0 amide bonds. The number of nitrogens with zero attached hydrogens (tertiary/aromatic N) is 1. The van der Waals surface area contributed by atoms with Crippen LogP contribution in [0.3, 0.4) is 0 Å². The molecule has 0 aliphatic rings. The molecule has 10 aromatic carbocycles. The van der Waals surface area contributed by atoms with E-state index in [1.54, 1.807) is 0 Å². The van der Waals surface area contributed by atoms with Gasteiger partial charge in [-0.25, -0.2) is 0 Å². The molecular weight excluding hydrogens is 746 g/mol. The standard InChI is InChI=1S/C56H33B4NO/c57-51-49(40-21-8-18-37(31-40)34-13-2-1-3-14-34)52(58)54(60)55(53(51)59)61(41-22-9-19-38(32-41)44-26-11-17-35-15-4-6-24-43(35)44)42-23-10-20-39(33-42)45-27-12-28-48-50(45)47-30-29-36-16-5-7-25-46(36)56(47)62-48/h1-33H. The van der Waals surface area contributed by atoms with E-state index >= 15 is 0 Å². The Morgan fingerprint density at radius 3 is 1.63 bits per heavy atom. The first-order valence-corrected chi connectivity index (χ1v) is 20.7. The summed E-state index contributed by atoms with van der Waals surface area (Å²) in [4.78, 5) is 2.08. The van der Waals surface area contributed by atoms with Gasteiger partial charge in [0.1, 0.15) is 42.6 Å². The lowest BCUT2D eigenvalue weighted by Crippen LogP contribution is -2.46. The van der Waals surface area contributed by atoms with Crippen LogP contribution < -0.4 is 26.8 Å². The maximum absolute atomic E-state index is 7.24. The van der Waals surface area contributed by atoms with Crippen LogP contribution in [0, 0.1) is 0 Å². The van der Waals surface area contributed by atoms with Crippen molar-refractivity contribution in [2.24, 2.45) is 0 Å². The first-order valence-electron chi connectivity index (χ1n) is 20.7. The molecule has 0 fully saturated rings. The fourth-order valence-corrected chi connectivity index (χ4v) is 9.16. The van der Waals surface area contributed by atoms with Crippen LogP contribution in [-0.2, 0) is 0 Å². The number of hydrogen-bond donors (Lipinski definition) is 0. The predicted octanol–water partition coefficient (Wildman–Crippen LogP) is 11.2. The van der Waals surface area contributed by atoms with Gasteiger partial charge in [0.15, 0.2) is 0 Å². The van der Waals surface area contributed by atoms with Crippen molar-refractivity contribution in [3.05, 3.63) is 200 Å². The van der Waals surface area contributed by atoms with E-state index in [-0.39, 0.29) is 0 Å². The van der Waals surface area contributed by atoms with Crippen molar-refractivity contribution in [1.29, 1.82) is 0 Å². The summed E-state index contributed by atoms with van der Waals surface area (Å²) < 4.78 is 6.60. The molecule has 62 heavy (non-hydrogen) atoms. The molecule has 0 N–H and O–H groups in total. The van der Waals surface area contributed by atoms with Gasteiger partial charge in [-0.2, -0.15) is 0 Å². The SMILES string of the molecule is [B]c1c([B])c(N(c2cccc(-c3cccc4ccccc34)c2)c2cccc(-c3cccc4oc5c6ccccc6ccc5c34)c2)c([B])c([B])c1-c1cccc(-c2ccccc2)c1. The van der Waals surface area contributed by atoms with Gasteiger partial charge in [-0.3, -0.25) is 0 Å². The number of furan rings is 1. The fraction of sp³-hybridized carbons (Fsp3) is 0. The second kappa shape index (κ2) is 15.2. The lowest BCUT2D eigenvalue weighted by molar-refractivity contribution is 0.673. The third-order valence-electron chi connectivity index (χ3n) is 12.1. The normalized spacial score (nSPS) is 11.5. The second-order valence-corrected chi connectivity index (χ2v) is 15.7. The molecular formula is C56H33B4NO. The highest BCUT2D eigenvalue weighted by Crippen LogP contribution is 2.42. The highest BCUT2D eigenvalue weighted by atomic mass is 16.3. The topological polar surface area (TPSA) is 16.4 Å². The maximum atomic E-state index is 7.24. The number of anilines is 3. The molecule has 8 radical (unpaired) electrons. The first-order chi connectivity index (χ1) is 30.4. The quantitative estimate of drug-likeness (QED) is 0.150. The third kappa shape index (κ3) is 6.25. The monoisotopic (exact) mass is 779 g/mol. The Bertz CT molecular complexity index is 3510. The van der Waals surface area contributed by atoms with E-state index in [4.69, 9.17) is 35.8 Å². The molecule has 2 nitrogen and oxygen atoms in total. The average Bonchev–Trinajstić information content (AvgIpc) is 3.72. The maximum Gasteiger partial charge on any atom is 0.143 e. The Morgan fingerprint density at radius 2 is 0.887 bits per heavy atom. The van der Waals surface area contributed by atoms with Crippen molar-refractivity contribution in [2.75, 3.05) is 4.90 Å². The number of hydrogen-bond acceptors (Lipinski definition) is 2. The fourth-order valence-electron chi connectivity index (χ4n) is 9.16. The van der Waals surface area contributed by atoms with Gasteiger partial charge in [0.2, 0.25) is 0 Å². The van der Waals surface area contributed by atoms with E-state index < -0.39 is 0 Å². The first kappa shape index (κ1) is 37.6. The zero-order valence-electron chi connectivity index (χ0n) is 33.7. The molecule has 0 bridgehead atoms. The lowest BCUT2D eigenvalue weighted by Gasteiger charge is -2.33. The molecule has 6 heteroatoms. The minimum Gasteiger partial charge on any atom is -0.455 e. The van der Waals surface area contributed by atoms with Crippen LogP contribution >= 0.6 is 0 Å². The van der Waals surface area contributed by atoms with Crippen molar-refractivity contribution in [2.45, 2.75) is 0 Å². The molecule has 11 aromatic rings. The zero-order valence-corrected chi connectivity index (χ0v) is 33.7. The summed E-state index contributed by atoms with van der Waals surface area (Å²) in [6, 6.07) is 68.9. The van der Waals surface area contributed by atoms with E-state index in [1.165, 1.54) is 0 Å². The summed E-state index contributed by atoms with van der Waals surface area (Å²) in [6.45, 7) is 0. The Kier molecular flexibility index (Phi) is 9.24. The molecule has 1 heterocycles. The van der Waals surface area contributed by atoms with Crippen molar-refractivity contribution in [1.82, 2.24) is 0 Å². The van der Waals surface area contributed by atoms with E-state index in [2.05, 4.69) is 163 Å². The Morgan fingerprint density at radius 1 is 0.355 bits per heavy atom. The largest absolute Gasteiger partial charge is 0.455 e. The van der Waals surface area contributed by atoms with Crippen molar-refractivity contribution in [3.63, 3.8) is 0 Å². The molecule has 0 saturated heterocycles. The molecule has 280 valence electrons. The van der Waals surface area contributed by atoms with Crippen LogP contribution in [0.25, 0.3) is 88.0 Å². The molecule has 1 aromatic heterocycles. The van der Waals surface area contributed by atoms with Gasteiger partial charge in [-0.15, -0.1) is 0 Å². The van der Waals surface area contributed by atoms with Gasteiger partial charge >= 0.3 is 0 Å². The van der Waals surface area contributed by atoms with Gasteiger partial charge in [0, 0.05) is 33.2 Å². The summed E-state index contributed by atoms with van der Waals surface area (Å²) in [5, 5.41) is 6.63. The summed E-state index contributed by atoms with van der Waals surface area (Å²) in [5.41, 5.74) is 12.9. The highest BCUT2D eigenvalue weighted by molar-refractivity contribution is 6.63. The average molecular weight is 779 g/mol. The van der Waals surface area contributed by atoms with Crippen LogP contribution in [0.15, 0.2) is 205 Å². The van der Waals surface area contributed by atoms with E-state index in [0.29, 0.717) is 33.1 Å². The summed E-state index contributed by atoms with van der Waals surface area (Å²) >= 11 is 0. The van der Waals surface area contributed by atoms with Crippen LogP contribution in [0.1, 0.15) is 0 Å². The molecule has 0 spiro atoms. The molecule has 0 aliphatic heterocycles. The molecule has 11 rings (SSSR count). The Hall–Kier alpha value is -7.42. The molecule has 0 atom stereocenters. The van der Waals surface area contributed by atoms with Gasteiger partial charge in [0.25, 0.3) is 0 Å². The third-order valence-corrected chi connectivity index (χ3v) is 12.1. The molecule has 0 aliphatic carbocycles. The molecule has 0 unspecified atom stereocenters. The van der Waals surface area contributed by atoms with Crippen LogP contribution in [0.5, 0.6) is 0 Å². The van der Waals surface area contributed by atoms with Crippen LogP contribution in [0.4, 0.5) is 17.1 Å². The van der Waals surface area contributed by atoms with Crippen LogP contribution in [0.2, 0.25) is 0 Å². The zero-order chi connectivity index (χ0) is 41.9. The second-order valence-electron chi connectivity index (χ2n) is 15.7. The van der Waals surface area contributed by atoms with Gasteiger partial charge < -0.3 is 9.32 Å². The van der Waals surface area contributed by atoms with Gasteiger partial charge in [0.05, 0.1) is 0 Å². The van der Waals surface area contributed by atoms with Crippen molar-refractivity contribution < 1.29 is 4.42 Å². The summed E-state index contributed by atoms with van der Waals surface area (Å²) in [6.07, 6.45) is 0. The molecule has 0 saturated carbocycles. The van der Waals surface area contributed by atoms with E-state index in [0.717, 1.165) is 93.8 Å². The van der Waals surface area contributed by atoms with Crippen molar-refractivity contribution >= 4 is 114 Å². The Labute approximate surface area is 366 Å². The Balaban J connectivity index is 1.12. The lowest BCUT2D eigenvalue weighted by atomic mass is 9.64. The van der Waals surface area contributed by atoms with Gasteiger partial charge in [-0.1, -0.05) is 180 Å². The minimum absolute atomic E-state index is 0.326. The number of rotatable bonds is 7. The summed E-state index contributed by atoms with van der Waals surface area (Å²) in [5.74, 6) is 0. The highest BCUT2D eigenvalue weighted by Gasteiger charge is 2.24. The van der Waals surface area contributed by atoms with Crippen molar-refractivity contribution in [3.8, 4) is 44.5 Å². The minimum atomic E-state index is 0.326. The predicted molar refractivity (Wildman–Crippen MR) is 267 cm³/mol. The number of fused-ring (bicyclic) bond motifs is 6. The van der Waals surface area contributed by atoms with Crippen LogP contribution in [-0.4, -0.2) is 31.4 Å².